The van der Waals surface area contributed by atoms with E-state index in [4.69, 9.17) is 5.11 Å². The summed E-state index contributed by atoms with van der Waals surface area (Å²) in [4.78, 5) is 12.5. The van der Waals surface area contributed by atoms with Gasteiger partial charge in [-0.15, -0.1) is 0 Å². The van der Waals surface area contributed by atoms with Gasteiger partial charge in [0.2, 0.25) is 0 Å². The standard InChI is InChI=1S/C9H16N2O2/c12-9(13)11-6-5-10-7-3-1-2-4-8(7)11/h7-8,10H,1-6H2,(H,12,13). The van der Waals surface area contributed by atoms with Crippen molar-refractivity contribution in [3.05, 3.63) is 0 Å². The summed E-state index contributed by atoms with van der Waals surface area (Å²) in [6.07, 6.45) is 3.82. The average molecular weight is 184 g/mol. The molecule has 1 saturated carbocycles. The van der Waals surface area contributed by atoms with Crippen LogP contribution in [0, 0.1) is 0 Å². The first-order valence-corrected chi connectivity index (χ1v) is 5.02. The molecular formula is C9H16N2O2. The maximum absolute atomic E-state index is 10.9. The lowest BCUT2D eigenvalue weighted by Crippen LogP contribution is -2.60. The molecule has 2 atom stereocenters. The van der Waals surface area contributed by atoms with Crippen LogP contribution < -0.4 is 5.32 Å². The molecule has 1 heterocycles. The third kappa shape index (κ3) is 1.63. The van der Waals surface area contributed by atoms with Gasteiger partial charge in [0.05, 0.1) is 6.04 Å². The van der Waals surface area contributed by atoms with Gasteiger partial charge in [-0.2, -0.15) is 0 Å². The van der Waals surface area contributed by atoms with Gasteiger partial charge in [0.1, 0.15) is 0 Å². The quantitative estimate of drug-likeness (QED) is 0.587. The molecule has 4 nitrogen and oxygen atoms in total. The molecule has 0 aromatic carbocycles. The van der Waals surface area contributed by atoms with Crippen LogP contribution >= 0.6 is 0 Å². The molecule has 2 rings (SSSR count). The SMILES string of the molecule is O=C(O)N1CCNC2CCCCC21. The van der Waals surface area contributed by atoms with Crippen molar-refractivity contribution in [2.24, 2.45) is 0 Å². The van der Waals surface area contributed by atoms with Crippen molar-refractivity contribution < 1.29 is 9.90 Å². The molecule has 2 fully saturated rings. The van der Waals surface area contributed by atoms with Crippen molar-refractivity contribution in [3.8, 4) is 0 Å². The van der Waals surface area contributed by atoms with E-state index in [0.717, 1.165) is 19.4 Å². The van der Waals surface area contributed by atoms with Crippen molar-refractivity contribution in [2.45, 2.75) is 37.8 Å². The second kappa shape index (κ2) is 3.54. The number of carbonyl (C=O) groups is 1. The molecule has 0 aromatic heterocycles. The zero-order chi connectivity index (χ0) is 9.26. The van der Waals surface area contributed by atoms with Crippen LogP contribution in [0.2, 0.25) is 0 Å². The summed E-state index contributed by atoms with van der Waals surface area (Å²) < 4.78 is 0. The molecule has 2 aliphatic rings. The molecule has 0 bridgehead atoms. The third-order valence-corrected chi connectivity index (χ3v) is 3.13. The molecule has 1 aliphatic carbocycles. The lowest BCUT2D eigenvalue weighted by atomic mass is 9.88. The number of amides is 1. The largest absolute Gasteiger partial charge is 0.465 e. The van der Waals surface area contributed by atoms with Crippen LogP contribution in [0.1, 0.15) is 25.7 Å². The van der Waals surface area contributed by atoms with Gasteiger partial charge in [-0.25, -0.2) is 4.79 Å². The molecule has 1 aliphatic heterocycles. The first kappa shape index (κ1) is 8.81. The molecule has 0 spiro atoms. The van der Waals surface area contributed by atoms with Gasteiger partial charge in [-0.1, -0.05) is 12.8 Å². The molecule has 0 radical (unpaired) electrons. The second-order valence-corrected chi connectivity index (χ2v) is 3.89. The van der Waals surface area contributed by atoms with E-state index in [-0.39, 0.29) is 6.04 Å². The molecule has 13 heavy (non-hydrogen) atoms. The Hall–Kier alpha value is -0.770. The number of nitrogens with one attached hydrogen (secondary N) is 1. The third-order valence-electron chi connectivity index (χ3n) is 3.13. The highest BCUT2D eigenvalue weighted by Crippen LogP contribution is 2.25. The van der Waals surface area contributed by atoms with Crippen LogP contribution in [0.5, 0.6) is 0 Å². The van der Waals surface area contributed by atoms with Crippen LogP contribution in [0.25, 0.3) is 0 Å². The van der Waals surface area contributed by atoms with Gasteiger partial charge in [0, 0.05) is 19.1 Å². The fourth-order valence-electron chi connectivity index (χ4n) is 2.50. The van der Waals surface area contributed by atoms with E-state index in [1.54, 1.807) is 4.90 Å². The number of rotatable bonds is 0. The second-order valence-electron chi connectivity index (χ2n) is 3.89. The van der Waals surface area contributed by atoms with E-state index >= 15 is 0 Å². The van der Waals surface area contributed by atoms with E-state index in [1.807, 2.05) is 0 Å². The van der Waals surface area contributed by atoms with E-state index < -0.39 is 6.09 Å². The Morgan fingerprint density at radius 2 is 2.15 bits per heavy atom. The number of nitrogens with zero attached hydrogens (tertiary/aromatic N) is 1. The lowest BCUT2D eigenvalue weighted by Gasteiger charge is -2.43. The minimum Gasteiger partial charge on any atom is -0.465 e. The number of hydrogen-bond donors (Lipinski definition) is 2. The normalized spacial score (nSPS) is 34.0. The lowest BCUT2D eigenvalue weighted by molar-refractivity contribution is 0.0761. The molecular weight excluding hydrogens is 168 g/mol. The van der Waals surface area contributed by atoms with Gasteiger partial charge < -0.3 is 15.3 Å². The average Bonchev–Trinajstić information content (AvgIpc) is 2.17. The highest BCUT2D eigenvalue weighted by atomic mass is 16.4. The van der Waals surface area contributed by atoms with Crippen LogP contribution in [0.15, 0.2) is 0 Å². The molecule has 1 amide bonds. The van der Waals surface area contributed by atoms with E-state index in [2.05, 4.69) is 5.32 Å². The number of fused-ring (bicyclic) bond motifs is 1. The zero-order valence-corrected chi connectivity index (χ0v) is 7.70. The smallest absolute Gasteiger partial charge is 0.407 e. The Balaban J connectivity index is 2.06. The molecule has 2 unspecified atom stereocenters. The van der Waals surface area contributed by atoms with E-state index in [1.165, 1.54) is 12.8 Å². The Morgan fingerprint density at radius 3 is 2.92 bits per heavy atom. The van der Waals surface area contributed by atoms with Crippen molar-refractivity contribution in [3.63, 3.8) is 0 Å². The predicted molar refractivity (Wildman–Crippen MR) is 48.8 cm³/mol. The highest BCUT2D eigenvalue weighted by molar-refractivity contribution is 5.65. The zero-order valence-electron chi connectivity index (χ0n) is 7.70. The highest BCUT2D eigenvalue weighted by Gasteiger charge is 2.35. The first-order chi connectivity index (χ1) is 6.29. The van der Waals surface area contributed by atoms with Gasteiger partial charge in [-0.05, 0) is 12.8 Å². The van der Waals surface area contributed by atoms with Crippen LogP contribution in [0.4, 0.5) is 4.79 Å². The molecule has 1 saturated heterocycles. The van der Waals surface area contributed by atoms with Crippen molar-refractivity contribution >= 4 is 6.09 Å². The van der Waals surface area contributed by atoms with Gasteiger partial charge >= 0.3 is 6.09 Å². The fraction of sp³-hybridized carbons (Fsp3) is 0.889. The molecule has 74 valence electrons. The predicted octanol–water partition coefficient (Wildman–Crippen LogP) is 0.881. The molecule has 2 N–H and O–H groups in total. The number of hydrogen-bond acceptors (Lipinski definition) is 2. The maximum Gasteiger partial charge on any atom is 0.407 e. The minimum absolute atomic E-state index is 0.236. The topological polar surface area (TPSA) is 52.6 Å². The summed E-state index contributed by atoms with van der Waals surface area (Å²) in [5.41, 5.74) is 0. The molecule has 0 aromatic rings. The van der Waals surface area contributed by atoms with Crippen LogP contribution in [-0.4, -0.2) is 41.3 Å². The van der Waals surface area contributed by atoms with Crippen molar-refractivity contribution in [2.75, 3.05) is 13.1 Å². The van der Waals surface area contributed by atoms with Gasteiger partial charge in [0.25, 0.3) is 0 Å². The minimum atomic E-state index is -0.751. The Labute approximate surface area is 77.9 Å². The van der Waals surface area contributed by atoms with Crippen LogP contribution in [0.3, 0.4) is 0 Å². The summed E-state index contributed by atoms with van der Waals surface area (Å²) >= 11 is 0. The van der Waals surface area contributed by atoms with E-state index in [9.17, 15) is 4.79 Å². The maximum atomic E-state index is 10.9. The van der Waals surface area contributed by atoms with Gasteiger partial charge in [-0.3, -0.25) is 0 Å². The van der Waals surface area contributed by atoms with Crippen LogP contribution in [-0.2, 0) is 0 Å². The molecule has 4 heteroatoms. The van der Waals surface area contributed by atoms with E-state index in [0.29, 0.717) is 12.6 Å². The monoisotopic (exact) mass is 184 g/mol. The van der Waals surface area contributed by atoms with Crippen molar-refractivity contribution in [1.29, 1.82) is 0 Å². The summed E-state index contributed by atoms with van der Waals surface area (Å²) in [6.45, 7) is 1.46. The van der Waals surface area contributed by atoms with Gasteiger partial charge in [0.15, 0.2) is 0 Å². The number of piperazine rings is 1. The Kier molecular flexibility index (Phi) is 2.40. The summed E-state index contributed by atoms with van der Waals surface area (Å²) in [5.74, 6) is 0. The fourth-order valence-corrected chi connectivity index (χ4v) is 2.50. The number of carboxylic acid groups (broad SMARTS) is 1. The summed E-state index contributed by atoms with van der Waals surface area (Å²) in [7, 11) is 0. The first-order valence-electron chi connectivity index (χ1n) is 5.02. The Morgan fingerprint density at radius 1 is 1.38 bits per heavy atom. The summed E-state index contributed by atoms with van der Waals surface area (Å²) in [5, 5.41) is 12.4. The Bertz CT molecular complexity index is 206. The van der Waals surface area contributed by atoms with Crippen molar-refractivity contribution in [1.82, 2.24) is 10.2 Å². The summed E-state index contributed by atoms with van der Waals surface area (Å²) in [6, 6.07) is 0.651.